The van der Waals surface area contributed by atoms with E-state index in [0.29, 0.717) is 0 Å². The van der Waals surface area contributed by atoms with E-state index in [-0.39, 0.29) is 26.4 Å². The van der Waals surface area contributed by atoms with Crippen molar-refractivity contribution >= 4 is 40.2 Å². The van der Waals surface area contributed by atoms with Crippen LogP contribution in [0, 0.1) is 3.70 Å². The minimum atomic E-state index is -2.71. The average molecular weight is 347 g/mol. The summed E-state index contributed by atoms with van der Waals surface area (Å²) in [4.78, 5) is 14.1. The number of carboxylic acids is 1. The predicted molar refractivity (Wildman–Crippen MR) is 58.3 cm³/mol. The maximum Gasteiger partial charge on any atom is 0.309 e. The number of rotatable bonds is 3. The second-order valence-electron chi connectivity index (χ2n) is 2.67. The zero-order valence-corrected chi connectivity index (χ0v) is 10.1. The van der Waals surface area contributed by atoms with E-state index >= 15 is 0 Å². The third kappa shape index (κ3) is 3.23. The van der Waals surface area contributed by atoms with Crippen LogP contribution in [0.1, 0.15) is 17.7 Å². The molecule has 1 aromatic rings. The van der Waals surface area contributed by atoms with Gasteiger partial charge in [0.2, 0.25) is 0 Å². The maximum absolute atomic E-state index is 12.4. The highest BCUT2D eigenvalue weighted by atomic mass is 127. The first kappa shape index (κ1) is 12.6. The lowest BCUT2D eigenvalue weighted by Gasteiger charge is -2.07. The Morgan fingerprint density at radius 1 is 1.67 bits per heavy atom. The van der Waals surface area contributed by atoms with Crippen LogP contribution in [0.4, 0.5) is 8.78 Å². The van der Waals surface area contributed by atoms with Crippen LogP contribution >= 0.6 is 34.2 Å². The van der Waals surface area contributed by atoms with Gasteiger partial charge in [-0.3, -0.25) is 4.79 Å². The number of carbonyl (C=O) groups is 1. The quantitative estimate of drug-likeness (QED) is 0.676. The zero-order chi connectivity index (χ0) is 11.6. The second kappa shape index (κ2) is 5.02. The largest absolute Gasteiger partial charge is 0.481 e. The predicted octanol–water partition coefficient (Wildman–Crippen LogP) is 2.90. The minimum Gasteiger partial charge on any atom is -0.481 e. The minimum absolute atomic E-state index is 0.0337. The number of pyridine rings is 1. The average Bonchev–Trinajstić information content (AvgIpc) is 1.99. The number of aliphatic carboxylic acids is 1. The summed E-state index contributed by atoms with van der Waals surface area (Å²) in [6.45, 7) is 0. The molecule has 82 valence electrons. The van der Waals surface area contributed by atoms with Gasteiger partial charge in [-0.05, 0) is 28.7 Å². The molecule has 0 unspecified atom stereocenters. The van der Waals surface area contributed by atoms with Crippen LogP contribution in [0.5, 0.6) is 0 Å². The second-order valence-corrected chi connectivity index (χ2v) is 4.10. The van der Waals surface area contributed by atoms with Gasteiger partial charge in [0.15, 0.2) is 0 Å². The molecular weight excluding hydrogens is 342 g/mol. The van der Waals surface area contributed by atoms with Gasteiger partial charge >= 0.3 is 5.97 Å². The lowest BCUT2D eigenvalue weighted by Crippen LogP contribution is -2.05. The smallest absolute Gasteiger partial charge is 0.309 e. The molecule has 0 aromatic carbocycles. The van der Waals surface area contributed by atoms with E-state index in [1.807, 2.05) is 0 Å². The molecule has 0 aliphatic heterocycles. The van der Waals surface area contributed by atoms with Gasteiger partial charge in [0.25, 0.3) is 6.43 Å². The highest BCUT2D eigenvalue weighted by molar-refractivity contribution is 14.1. The van der Waals surface area contributed by atoms with Crippen molar-refractivity contribution in [3.63, 3.8) is 0 Å². The first-order valence-electron chi connectivity index (χ1n) is 3.76. The fraction of sp³-hybridized carbons (Fsp3) is 0.250. The molecule has 0 fully saturated rings. The van der Waals surface area contributed by atoms with Crippen molar-refractivity contribution in [2.24, 2.45) is 0 Å². The highest BCUT2D eigenvalue weighted by Crippen LogP contribution is 2.30. The Kier molecular flexibility index (Phi) is 4.21. The number of halogens is 4. The first-order chi connectivity index (χ1) is 6.91. The summed E-state index contributed by atoms with van der Waals surface area (Å²) in [7, 11) is 0. The fourth-order valence-electron chi connectivity index (χ4n) is 0.981. The van der Waals surface area contributed by atoms with Crippen molar-refractivity contribution in [3.8, 4) is 0 Å². The zero-order valence-electron chi connectivity index (χ0n) is 7.18. The lowest BCUT2D eigenvalue weighted by molar-refractivity contribution is -0.136. The Labute approximate surface area is 103 Å². The standard InChI is InChI=1S/C8H5ClF2INO2/c9-4-1-3(2-5(14)15)13-8(12)6(4)7(10)11/h1,7H,2H2,(H,14,15). The summed E-state index contributed by atoms with van der Waals surface area (Å²) in [5.74, 6) is -1.08. The van der Waals surface area contributed by atoms with Gasteiger partial charge in [0.05, 0.1) is 22.7 Å². The molecule has 0 aliphatic rings. The molecule has 1 heterocycles. The summed E-state index contributed by atoms with van der Waals surface area (Å²) in [5, 5.41) is 8.34. The number of nitrogens with zero attached hydrogens (tertiary/aromatic N) is 1. The Balaban J connectivity index is 3.13. The van der Waals surface area contributed by atoms with E-state index in [4.69, 9.17) is 16.7 Å². The van der Waals surface area contributed by atoms with E-state index in [2.05, 4.69) is 4.98 Å². The van der Waals surface area contributed by atoms with Crippen molar-refractivity contribution < 1.29 is 18.7 Å². The molecule has 0 saturated carbocycles. The van der Waals surface area contributed by atoms with Gasteiger partial charge in [-0.1, -0.05) is 11.6 Å². The lowest BCUT2D eigenvalue weighted by atomic mass is 10.2. The summed E-state index contributed by atoms with van der Waals surface area (Å²) in [5.41, 5.74) is -0.187. The van der Waals surface area contributed by atoms with Crippen molar-refractivity contribution in [3.05, 3.63) is 26.0 Å². The van der Waals surface area contributed by atoms with Gasteiger partial charge in [0.1, 0.15) is 3.70 Å². The molecule has 0 atom stereocenters. The number of hydrogen-bond acceptors (Lipinski definition) is 2. The summed E-state index contributed by atoms with van der Waals surface area (Å²) >= 11 is 7.20. The molecule has 0 radical (unpaired) electrons. The molecule has 1 aromatic heterocycles. The Bertz CT molecular complexity index is 377. The topological polar surface area (TPSA) is 50.2 Å². The van der Waals surface area contributed by atoms with Crippen molar-refractivity contribution in [2.45, 2.75) is 12.8 Å². The molecular formula is C8H5ClF2INO2. The SMILES string of the molecule is O=C(O)Cc1cc(Cl)c(C(F)F)c(I)n1. The maximum atomic E-state index is 12.4. The summed E-state index contributed by atoms with van der Waals surface area (Å²) in [6.07, 6.45) is -3.05. The first-order valence-corrected chi connectivity index (χ1v) is 5.22. The van der Waals surface area contributed by atoms with Crippen molar-refractivity contribution in [1.82, 2.24) is 4.98 Å². The molecule has 0 aliphatic carbocycles. The van der Waals surface area contributed by atoms with Crippen LogP contribution in [0.2, 0.25) is 5.02 Å². The van der Waals surface area contributed by atoms with E-state index in [1.165, 1.54) is 0 Å². The third-order valence-electron chi connectivity index (χ3n) is 1.57. The molecule has 0 saturated heterocycles. The number of hydrogen-bond donors (Lipinski definition) is 1. The van der Waals surface area contributed by atoms with Gasteiger partial charge in [-0.2, -0.15) is 0 Å². The number of aromatic nitrogens is 1. The van der Waals surface area contributed by atoms with E-state index < -0.39 is 12.4 Å². The Hall–Kier alpha value is -0.500. The van der Waals surface area contributed by atoms with Gasteiger partial charge in [-0.25, -0.2) is 13.8 Å². The van der Waals surface area contributed by atoms with Gasteiger partial charge in [0, 0.05) is 0 Å². The molecule has 3 nitrogen and oxygen atoms in total. The normalized spacial score (nSPS) is 10.7. The third-order valence-corrected chi connectivity index (χ3v) is 2.70. The molecule has 0 bridgehead atoms. The van der Waals surface area contributed by atoms with E-state index in [1.54, 1.807) is 22.6 Å². The van der Waals surface area contributed by atoms with Crippen molar-refractivity contribution in [2.75, 3.05) is 0 Å². The van der Waals surface area contributed by atoms with Crippen LogP contribution in [-0.2, 0) is 11.2 Å². The Morgan fingerprint density at radius 2 is 2.27 bits per heavy atom. The molecule has 15 heavy (non-hydrogen) atoms. The summed E-state index contributed by atoms with van der Waals surface area (Å²) < 4.78 is 24.9. The molecule has 1 N–H and O–H groups in total. The van der Waals surface area contributed by atoms with Crippen LogP contribution in [-0.4, -0.2) is 16.1 Å². The van der Waals surface area contributed by atoms with E-state index in [0.717, 1.165) is 6.07 Å². The van der Waals surface area contributed by atoms with Crippen LogP contribution < -0.4 is 0 Å². The van der Waals surface area contributed by atoms with Crippen LogP contribution in [0.15, 0.2) is 6.07 Å². The molecule has 1 rings (SSSR count). The highest BCUT2D eigenvalue weighted by Gasteiger charge is 2.18. The fourth-order valence-corrected chi connectivity index (χ4v) is 2.27. The van der Waals surface area contributed by atoms with Crippen molar-refractivity contribution in [1.29, 1.82) is 0 Å². The van der Waals surface area contributed by atoms with Gasteiger partial charge in [-0.15, -0.1) is 0 Å². The summed E-state index contributed by atoms with van der Waals surface area (Å²) in [6, 6.07) is 1.15. The molecule has 0 spiro atoms. The number of carboxylic acid groups (broad SMARTS) is 1. The van der Waals surface area contributed by atoms with E-state index in [9.17, 15) is 13.6 Å². The van der Waals surface area contributed by atoms with Crippen LogP contribution in [0.25, 0.3) is 0 Å². The Morgan fingerprint density at radius 3 is 2.67 bits per heavy atom. The molecule has 7 heteroatoms. The molecule has 0 amide bonds. The van der Waals surface area contributed by atoms with Crippen LogP contribution in [0.3, 0.4) is 0 Å². The van der Waals surface area contributed by atoms with Gasteiger partial charge < -0.3 is 5.11 Å². The monoisotopic (exact) mass is 347 g/mol. The number of alkyl halides is 2.